The van der Waals surface area contributed by atoms with E-state index in [-0.39, 0.29) is 12.4 Å². The molecule has 0 saturated carbocycles. The molecule has 2 aromatic carbocycles. The Morgan fingerprint density at radius 2 is 1.64 bits per heavy atom. The Kier molecular flexibility index (Phi) is 3.84. The number of aliphatic hydroxyl groups is 1. The van der Waals surface area contributed by atoms with Gasteiger partial charge in [-0.15, -0.1) is 0 Å². The molecule has 0 atom stereocenters. The molecule has 0 radical (unpaired) electrons. The van der Waals surface area contributed by atoms with E-state index in [1.807, 2.05) is 60.7 Å². The summed E-state index contributed by atoms with van der Waals surface area (Å²) < 4.78 is 0. The minimum atomic E-state index is -0.254. The van der Waals surface area contributed by atoms with Gasteiger partial charge >= 0.3 is 0 Å². The summed E-state index contributed by atoms with van der Waals surface area (Å²) in [5.74, 6) is 0.243. The van der Waals surface area contributed by atoms with Gasteiger partial charge in [0.2, 0.25) is 0 Å². The fourth-order valence-corrected chi connectivity index (χ4v) is 2.82. The van der Waals surface area contributed by atoms with Crippen molar-refractivity contribution in [3.8, 4) is 22.5 Å². The third-order valence-electron chi connectivity index (χ3n) is 4.07. The summed E-state index contributed by atoms with van der Waals surface area (Å²) in [7, 11) is 0. The lowest BCUT2D eigenvalue weighted by Gasteiger charge is -2.12. The molecule has 0 amide bonds. The van der Waals surface area contributed by atoms with Gasteiger partial charge in [0.25, 0.3) is 0 Å². The van der Waals surface area contributed by atoms with Gasteiger partial charge < -0.3 is 10.8 Å². The Morgan fingerprint density at radius 3 is 2.44 bits per heavy atom. The lowest BCUT2D eigenvalue weighted by atomic mass is 10.0. The molecule has 5 heteroatoms. The zero-order valence-corrected chi connectivity index (χ0v) is 13.4. The normalized spacial score (nSPS) is 10.9. The zero-order valence-electron chi connectivity index (χ0n) is 13.4. The second-order valence-electron chi connectivity index (χ2n) is 5.69. The van der Waals surface area contributed by atoms with E-state index in [2.05, 4.69) is 15.0 Å². The molecule has 4 rings (SSSR count). The number of pyridine rings is 1. The first-order valence-corrected chi connectivity index (χ1v) is 7.94. The van der Waals surface area contributed by atoms with Crippen molar-refractivity contribution in [3.63, 3.8) is 0 Å². The summed E-state index contributed by atoms with van der Waals surface area (Å²) in [6.07, 6.45) is 1.77. The summed E-state index contributed by atoms with van der Waals surface area (Å²) >= 11 is 0. The smallest absolute Gasteiger partial charge is 0.148 e. The molecule has 0 fully saturated rings. The van der Waals surface area contributed by atoms with Crippen LogP contribution < -0.4 is 5.73 Å². The minimum Gasteiger partial charge on any atom is -0.390 e. The fourth-order valence-electron chi connectivity index (χ4n) is 2.82. The van der Waals surface area contributed by atoms with Crippen molar-refractivity contribution in [2.24, 2.45) is 0 Å². The SMILES string of the molecule is Nc1nc(-c2ccccc2)c(-c2ccc3ncccc3c2)nc1CO. The van der Waals surface area contributed by atoms with Crippen LogP contribution in [0.3, 0.4) is 0 Å². The van der Waals surface area contributed by atoms with Gasteiger partial charge in [-0.25, -0.2) is 9.97 Å². The maximum absolute atomic E-state index is 9.53. The van der Waals surface area contributed by atoms with Crippen molar-refractivity contribution in [2.75, 3.05) is 5.73 Å². The molecule has 2 heterocycles. The zero-order chi connectivity index (χ0) is 17.2. The van der Waals surface area contributed by atoms with E-state index in [4.69, 9.17) is 5.73 Å². The van der Waals surface area contributed by atoms with E-state index in [1.165, 1.54) is 0 Å². The highest BCUT2D eigenvalue weighted by Gasteiger charge is 2.15. The molecular weight excluding hydrogens is 312 g/mol. The maximum Gasteiger partial charge on any atom is 0.148 e. The number of fused-ring (bicyclic) bond motifs is 1. The molecule has 3 N–H and O–H groups in total. The van der Waals surface area contributed by atoms with E-state index in [9.17, 15) is 5.11 Å². The first kappa shape index (κ1) is 15.2. The topological polar surface area (TPSA) is 84.9 Å². The average Bonchev–Trinajstić information content (AvgIpc) is 2.68. The van der Waals surface area contributed by atoms with Crippen LogP contribution >= 0.6 is 0 Å². The first-order valence-electron chi connectivity index (χ1n) is 7.94. The second kappa shape index (κ2) is 6.30. The van der Waals surface area contributed by atoms with Crippen LogP contribution in [0.4, 0.5) is 5.82 Å². The molecule has 0 aliphatic rings. The van der Waals surface area contributed by atoms with Gasteiger partial charge in [-0.2, -0.15) is 0 Å². The number of nitrogens with zero attached hydrogens (tertiary/aromatic N) is 3. The lowest BCUT2D eigenvalue weighted by Crippen LogP contribution is -2.05. The summed E-state index contributed by atoms with van der Waals surface area (Å²) in [4.78, 5) is 13.4. The average molecular weight is 328 g/mol. The number of hydrogen-bond donors (Lipinski definition) is 2. The highest BCUT2D eigenvalue weighted by Crippen LogP contribution is 2.32. The van der Waals surface area contributed by atoms with Crippen LogP contribution in [0.5, 0.6) is 0 Å². The third kappa shape index (κ3) is 2.81. The number of aliphatic hydroxyl groups excluding tert-OH is 1. The Hall–Kier alpha value is -3.31. The Labute approximate surface area is 144 Å². The number of nitrogens with two attached hydrogens (primary N) is 1. The predicted molar refractivity (Wildman–Crippen MR) is 98.5 cm³/mol. The van der Waals surface area contributed by atoms with Crippen LogP contribution in [0.2, 0.25) is 0 Å². The van der Waals surface area contributed by atoms with Gasteiger partial charge in [-0.1, -0.05) is 42.5 Å². The van der Waals surface area contributed by atoms with Gasteiger partial charge in [0.15, 0.2) is 0 Å². The molecule has 122 valence electrons. The number of aromatic nitrogens is 3. The van der Waals surface area contributed by atoms with E-state index < -0.39 is 0 Å². The van der Waals surface area contributed by atoms with Crippen LogP contribution in [0.15, 0.2) is 66.9 Å². The Balaban J connectivity index is 1.97. The predicted octanol–water partition coefficient (Wildman–Crippen LogP) is 3.43. The quantitative estimate of drug-likeness (QED) is 0.602. The third-order valence-corrected chi connectivity index (χ3v) is 4.07. The second-order valence-corrected chi connectivity index (χ2v) is 5.69. The highest BCUT2D eigenvalue weighted by atomic mass is 16.3. The van der Waals surface area contributed by atoms with Crippen molar-refractivity contribution < 1.29 is 5.11 Å². The van der Waals surface area contributed by atoms with Crippen LogP contribution in [0.25, 0.3) is 33.4 Å². The largest absolute Gasteiger partial charge is 0.390 e. The van der Waals surface area contributed by atoms with Gasteiger partial charge in [-0.05, 0) is 18.2 Å². The van der Waals surface area contributed by atoms with Gasteiger partial charge in [0, 0.05) is 22.7 Å². The molecule has 4 aromatic rings. The number of hydrogen-bond acceptors (Lipinski definition) is 5. The van der Waals surface area contributed by atoms with E-state index in [1.54, 1.807) is 6.20 Å². The van der Waals surface area contributed by atoms with Gasteiger partial charge in [0.1, 0.15) is 11.5 Å². The summed E-state index contributed by atoms with van der Waals surface area (Å²) in [6, 6.07) is 19.6. The van der Waals surface area contributed by atoms with Crippen molar-refractivity contribution in [1.82, 2.24) is 15.0 Å². The molecule has 5 nitrogen and oxygen atoms in total. The highest BCUT2D eigenvalue weighted by molar-refractivity contribution is 5.87. The van der Waals surface area contributed by atoms with Crippen molar-refractivity contribution >= 4 is 16.7 Å². The Morgan fingerprint density at radius 1 is 0.840 bits per heavy atom. The number of rotatable bonds is 3. The molecule has 0 bridgehead atoms. The van der Waals surface area contributed by atoms with Crippen LogP contribution in [0.1, 0.15) is 5.69 Å². The van der Waals surface area contributed by atoms with Crippen LogP contribution in [-0.2, 0) is 6.61 Å². The van der Waals surface area contributed by atoms with E-state index in [0.29, 0.717) is 17.1 Å². The van der Waals surface area contributed by atoms with Crippen LogP contribution in [-0.4, -0.2) is 20.1 Å². The summed E-state index contributed by atoms with van der Waals surface area (Å²) in [5.41, 5.74) is 10.5. The monoisotopic (exact) mass is 328 g/mol. The van der Waals surface area contributed by atoms with E-state index >= 15 is 0 Å². The molecule has 0 spiro atoms. The molecule has 25 heavy (non-hydrogen) atoms. The van der Waals surface area contributed by atoms with Gasteiger partial charge in [-0.3, -0.25) is 4.98 Å². The standard InChI is InChI=1S/C20H16N4O/c21-20-17(12-25)23-19(18(24-20)13-5-2-1-3-6-13)15-8-9-16-14(11-15)7-4-10-22-16/h1-11,25H,12H2,(H2,21,24). The molecule has 0 saturated heterocycles. The molecule has 0 aliphatic carbocycles. The molecule has 2 aromatic heterocycles. The van der Waals surface area contributed by atoms with Crippen LogP contribution in [0, 0.1) is 0 Å². The molecule has 0 unspecified atom stereocenters. The number of anilines is 1. The van der Waals surface area contributed by atoms with Crippen molar-refractivity contribution in [3.05, 3.63) is 72.6 Å². The number of nitrogen functional groups attached to an aromatic ring is 1. The van der Waals surface area contributed by atoms with Crippen molar-refractivity contribution in [1.29, 1.82) is 0 Å². The van der Waals surface area contributed by atoms with E-state index in [0.717, 1.165) is 22.0 Å². The summed E-state index contributed by atoms with van der Waals surface area (Å²) in [6.45, 7) is -0.254. The molecular formula is C20H16N4O. The Bertz CT molecular complexity index is 1050. The first-order chi connectivity index (χ1) is 12.3. The van der Waals surface area contributed by atoms with Crippen molar-refractivity contribution in [2.45, 2.75) is 6.61 Å². The molecule has 0 aliphatic heterocycles. The minimum absolute atomic E-state index is 0.243. The number of benzene rings is 2. The lowest BCUT2D eigenvalue weighted by molar-refractivity contribution is 0.277. The fraction of sp³-hybridized carbons (Fsp3) is 0.0500. The van der Waals surface area contributed by atoms with Gasteiger partial charge in [0.05, 0.1) is 23.5 Å². The maximum atomic E-state index is 9.53. The summed E-state index contributed by atoms with van der Waals surface area (Å²) in [5, 5.41) is 10.5.